The van der Waals surface area contributed by atoms with Crippen LogP contribution in [0.2, 0.25) is 0 Å². The maximum Gasteiger partial charge on any atom is 0.221 e. The number of aromatic nitrogens is 1. The van der Waals surface area contributed by atoms with Crippen LogP contribution in [0.5, 0.6) is 0 Å². The summed E-state index contributed by atoms with van der Waals surface area (Å²) in [6, 6.07) is 17.4. The molecule has 3 heteroatoms. The Morgan fingerprint density at radius 3 is 2.59 bits per heavy atom. The Hall–Kier alpha value is -3.12. The van der Waals surface area contributed by atoms with Gasteiger partial charge in [0.15, 0.2) is 0 Å². The van der Waals surface area contributed by atoms with Crippen molar-refractivity contribution >= 4 is 22.5 Å². The van der Waals surface area contributed by atoms with E-state index >= 15 is 0 Å². The summed E-state index contributed by atoms with van der Waals surface area (Å²) < 4.78 is 0. The Kier molecular flexibility index (Phi) is 3.84. The van der Waals surface area contributed by atoms with Crippen LogP contribution >= 0.6 is 0 Å². The van der Waals surface area contributed by atoms with Crippen molar-refractivity contribution in [2.24, 2.45) is 0 Å². The fraction of sp³-hybridized carbons (Fsp3) is 0.0526. The second kappa shape index (κ2) is 6.11. The molecule has 0 unspecified atom stereocenters. The summed E-state index contributed by atoms with van der Waals surface area (Å²) in [7, 11) is 0. The van der Waals surface area contributed by atoms with Crippen LogP contribution in [0.1, 0.15) is 18.1 Å². The molecule has 0 aliphatic heterocycles. The number of pyridine rings is 1. The third-order valence-corrected chi connectivity index (χ3v) is 3.20. The molecule has 2 aromatic carbocycles. The van der Waals surface area contributed by atoms with Gasteiger partial charge in [-0.25, -0.2) is 0 Å². The smallest absolute Gasteiger partial charge is 0.221 e. The first-order valence-electron chi connectivity index (χ1n) is 6.96. The second-order valence-corrected chi connectivity index (χ2v) is 4.86. The number of amides is 1. The van der Waals surface area contributed by atoms with Crippen molar-refractivity contribution in [2.45, 2.75) is 6.92 Å². The molecule has 0 saturated carbocycles. The number of anilines is 1. The van der Waals surface area contributed by atoms with E-state index in [1.54, 1.807) is 6.20 Å². The fourth-order valence-corrected chi connectivity index (χ4v) is 2.23. The minimum atomic E-state index is -0.116. The lowest BCUT2D eigenvalue weighted by Crippen LogP contribution is -2.06. The van der Waals surface area contributed by atoms with Crippen LogP contribution in [0.15, 0.2) is 60.8 Å². The quantitative estimate of drug-likeness (QED) is 0.695. The Labute approximate surface area is 129 Å². The number of carbonyl (C=O) groups is 1. The minimum Gasteiger partial charge on any atom is -0.324 e. The predicted molar refractivity (Wildman–Crippen MR) is 88.5 cm³/mol. The van der Waals surface area contributed by atoms with Crippen LogP contribution in [0.4, 0.5) is 5.69 Å². The Morgan fingerprint density at radius 2 is 1.82 bits per heavy atom. The van der Waals surface area contributed by atoms with Gasteiger partial charge in [0.2, 0.25) is 5.91 Å². The molecule has 1 heterocycles. The van der Waals surface area contributed by atoms with Crippen molar-refractivity contribution < 1.29 is 4.79 Å². The highest BCUT2D eigenvalue weighted by Crippen LogP contribution is 2.24. The molecule has 0 aliphatic rings. The highest BCUT2D eigenvalue weighted by molar-refractivity contribution is 6.01. The molecule has 3 nitrogen and oxygen atoms in total. The molecule has 1 amide bonds. The maximum atomic E-state index is 11.3. The van der Waals surface area contributed by atoms with Gasteiger partial charge in [0.1, 0.15) is 0 Å². The van der Waals surface area contributed by atoms with E-state index < -0.39 is 0 Å². The van der Waals surface area contributed by atoms with Gasteiger partial charge in [-0.15, -0.1) is 0 Å². The molecule has 1 aromatic heterocycles. The molecule has 0 aliphatic carbocycles. The zero-order chi connectivity index (χ0) is 15.4. The third-order valence-electron chi connectivity index (χ3n) is 3.20. The number of fused-ring (bicyclic) bond motifs is 1. The lowest BCUT2D eigenvalue weighted by Gasteiger charge is -2.07. The Balaban J connectivity index is 2.09. The number of rotatable bonds is 1. The lowest BCUT2D eigenvalue weighted by molar-refractivity contribution is -0.114. The molecule has 0 saturated heterocycles. The molecule has 22 heavy (non-hydrogen) atoms. The first kappa shape index (κ1) is 13.8. The molecular formula is C19H14N2O. The van der Waals surface area contributed by atoms with E-state index in [-0.39, 0.29) is 5.91 Å². The van der Waals surface area contributed by atoms with Crippen LogP contribution in [-0.4, -0.2) is 10.9 Å². The van der Waals surface area contributed by atoms with Gasteiger partial charge in [-0.3, -0.25) is 9.78 Å². The summed E-state index contributed by atoms with van der Waals surface area (Å²) in [5, 5.41) is 3.73. The Morgan fingerprint density at radius 1 is 1.00 bits per heavy atom. The molecule has 3 rings (SSSR count). The predicted octanol–water partition coefficient (Wildman–Crippen LogP) is 3.59. The third kappa shape index (κ3) is 2.97. The number of benzene rings is 2. The average Bonchev–Trinajstić information content (AvgIpc) is 2.55. The molecule has 0 radical (unpaired) electrons. The number of nitrogens with zero attached hydrogens (tertiary/aromatic N) is 1. The van der Waals surface area contributed by atoms with Gasteiger partial charge < -0.3 is 5.32 Å². The highest BCUT2D eigenvalue weighted by atomic mass is 16.1. The molecule has 1 N–H and O–H groups in total. The summed E-state index contributed by atoms with van der Waals surface area (Å²) in [4.78, 5) is 15.7. The van der Waals surface area contributed by atoms with Crippen LogP contribution in [0.25, 0.3) is 10.9 Å². The van der Waals surface area contributed by atoms with Gasteiger partial charge in [0.05, 0.1) is 11.2 Å². The van der Waals surface area contributed by atoms with Crippen molar-refractivity contribution in [2.75, 3.05) is 5.32 Å². The van der Waals surface area contributed by atoms with Gasteiger partial charge in [0.25, 0.3) is 0 Å². The summed E-state index contributed by atoms with van der Waals surface area (Å²) in [5.41, 5.74) is 3.30. The van der Waals surface area contributed by atoms with E-state index in [2.05, 4.69) is 22.1 Å². The molecule has 0 bridgehead atoms. The first-order valence-corrected chi connectivity index (χ1v) is 6.96. The fourth-order valence-electron chi connectivity index (χ4n) is 2.23. The van der Waals surface area contributed by atoms with Gasteiger partial charge in [-0.2, -0.15) is 0 Å². The summed E-state index contributed by atoms with van der Waals surface area (Å²) in [5.74, 6) is 6.21. The van der Waals surface area contributed by atoms with Crippen molar-refractivity contribution in [3.63, 3.8) is 0 Å². The maximum absolute atomic E-state index is 11.3. The topological polar surface area (TPSA) is 42.0 Å². The lowest BCUT2D eigenvalue weighted by atomic mass is 10.1. The first-order chi connectivity index (χ1) is 10.7. The van der Waals surface area contributed by atoms with Crippen LogP contribution in [0, 0.1) is 11.8 Å². The monoisotopic (exact) mass is 286 g/mol. The zero-order valence-corrected chi connectivity index (χ0v) is 12.1. The number of nitrogens with one attached hydrogen (secondary N) is 1. The molecule has 0 spiro atoms. The minimum absolute atomic E-state index is 0.116. The van der Waals surface area contributed by atoms with E-state index in [1.807, 2.05) is 54.6 Å². The summed E-state index contributed by atoms with van der Waals surface area (Å²) >= 11 is 0. The highest BCUT2D eigenvalue weighted by Gasteiger charge is 2.06. The second-order valence-electron chi connectivity index (χ2n) is 4.86. The number of hydrogen-bond acceptors (Lipinski definition) is 2. The summed E-state index contributed by atoms with van der Waals surface area (Å²) in [6.07, 6.45) is 1.71. The van der Waals surface area contributed by atoms with Crippen LogP contribution < -0.4 is 5.32 Å². The van der Waals surface area contributed by atoms with Crippen LogP contribution in [-0.2, 0) is 4.79 Å². The van der Waals surface area contributed by atoms with Crippen LogP contribution in [0.3, 0.4) is 0 Å². The van der Waals surface area contributed by atoms with E-state index in [0.717, 1.165) is 22.0 Å². The summed E-state index contributed by atoms with van der Waals surface area (Å²) in [6.45, 7) is 1.48. The van der Waals surface area contributed by atoms with Gasteiger partial charge in [-0.1, -0.05) is 30.0 Å². The number of hydrogen-bond donors (Lipinski definition) is 1. The average molecular weight is 286 g/mol. The van der Waals surface area contributed by atoms with Crippen molar-refractivity contribution in [3.05, 3.63) is 71.9 Å². The molecule has 3 aromatic rings. The van der Waals surface area contributed by atoms with E-state index in [0.29, 0.717) is 5.69 Å². The van der Waals surface area contributed by atoms with Crippen molar-refractivity contribution in [1.29, 1.82) is 0 Å². The molecule has 0 fully saturated rings. The van der Waals surface area contributed by atoms with E-state index in [4.69, 9.17) is 0 Å². The largest absolute Gasteiger partial charge is 0.324 e. The zero-order valence-electron chi connectivity index (χ0n) is 12.1. The van der Waals surface area contributed by atoms with Crippen molar-refractivity contribution in [1.82, 2.24) is 4.98 Å². The SMILES string of the molecule is CC(=O)Nc1ccc(C#Cc2ccccc2)c2cccnc12. The molecule has 0 atom stereocenters. The molecular weight excluding hydrogens is 272 g/mol. The van der Waals surface area contributed by atoms with Gasteiger partial charge >= 0.3 is 0 Å². The molecule has 106 valence electrons. The van der Waals surface area contributed by atoms with E-state index in [9.17, 15) is 4.79 Å². The standard InChI is InChI=1S/C19H14N2O/c1-14(22)21-18-12-11-16(17-8-5-13-20-19(17)18)10-9-15-6-3-2-4-7-15/h2-8,11-13H,1H3,(H,21,22). The number of carbonyl (C=O) groups excluding carboxylic acids is 1. The van der Waals surface area contributed by atoms with Gasteiger partial charge in [-0.05, 0) is 36.4 Å². The van der Waals surface area contributed by atoms with Gasteiger partial charge in [0, 0.05) is 29.6 Å². The Bertz CT molecular complexity index is 889. The normalized spacial score (nSPS) is 9.86. The van der Waals surface area contributed by atoms with E-state index in [1.165, 1.54) is 6.92 Å². The van der Waals surface area contributed by atoms with Crippen molar-refractivity contribution in [3.8, 4) is 11.8 Å².